The lowest BCUT2D eigenvalue weighted by Crippen LogP contribution is -3.15. The number of carbonyl (C=O) groups excluding carboxylic acids is 1. The van der Waals surface area contributed by atoms with Gasteiger partial charge in [0.2, 0.25) is 0 Å². The zero-order valence-electron chi connectivity index (χ0n) is 13.9. The summed E-state index contributed by atoms with van der Waals surface area (Å²) in [5.41, 5.74) is 1.13. The van der Waals surface area contributed by atoms with E-state index < -0.39 is 6.10 Å². The average Bonchev–Trinajstić information content (AvgIpc) is 2.55. The number of methoxy groups -OCH3 is 2. The van der Waals surface area contributed by atoms with Crippen LogP contribution in [0.3, 0.4) is 0 Å². The first-order valence-electron chi connectivity index (χ1n) is 8.05. The molecule has 1 aromatic rings. The minimum absolute atomic E-state index is 0.00662. The summed E-state index contributed by atoms with van der Waals surface area (Å²) in [6.07, 6.45) is 0.438. The van der Waals surface area contributed by atoms with Crippen LogP contribution in [0.1, 0.15) is 17.9 Å². The summed E-state index contributed by atoms with van der Waals surface area (Å²) in [4.78, 5) is 13.0. The van der Waals surface area contributed by atoms with E-state index in [0.717, 1.165) is 29.2 Å². The molecule has 23 heavy (non-hydrogen) atoms. The van der Waals surface area contributed by atoms with Crippen molar-refractivity contribution >= 4 is 5.91 Å². The molecule has 3 N–H and O–H groups in total. The number of ether oxygens (including phenoxy) is 2. The Morgan fingerprint density at radius 1 is 1.35 bits per heavy atom. The predicted molar refractivity (Wildman–Crippen MR) is 86.8 cm³/mol. The Morgan fingerprint density at radius 2 is 2.09 bits per heavy atom. The van der Waals surface area contributed by atoms with E-state index in [9.17, 15) is 9.90 Å². The molecule has 0 aromatic heterocycles. The molecule has 128 valence electrons. The number of amides is 1. The number of piperidine rings is 1. The van der Waals surface area contributed by atoms with Crippen molar-refractivity contribution < 1.29 is 24.3 Å². The highest BCUT2D eigenvalue weighted by molar-refractivity contribution is 5.76. The zero-order chi connectivity index (χ0) is 16.7. The first-order chi connectivity index (χ1) is 11.1. The van der Waals surface area contributed by atoms with Crippen molar-refractivity contribution in [1.82, 2.24) is 5.32 Å². The molecular weight excluding hydrogens is 296 g/mol. The maximum atomic E-state index is 11.8. The summed E-state index contributed by atoms with van der Waals surface area (Å²) >= 11 is 0. The zero-order valence-corrected chi connectivity index (χ0v) is 13.9. The van der Waals surface area contributed by atoms with Gasteiger partial charge in [-0.3, -0.25) is 4.79 Å². The molecule has 0 radical (unpaired) electrons. The molecule has 6 nitrogen and oxygen atoms in total. The van der Waals surface area contributed by atoms with Crippen molar-refractivity contribution in [3.8, 4) is 5.75 Å². The molecule has 0 saturated carbocycles. The van der Waals surface area contributed by atoms with Gasteiger partial charge in [0.05, 0.1) is 20.3 Å². The number of nitrogens with one attached hydrogen (secondary N) is 2. The van der Waals surface area contributed by atoms with Gasteiger partial charge < -0.3 is 24.8 Å². The number of aliphatic hydroxyl groups excluding tert-OH is 1. The molecule has 1 aliphatic rings. The van der Waals surface area contributed by atoms with E-state index in [1.807, 2.05) is 24.3 Å². The van der Waals surface area contributed by atoms with Crippen LogP contribution in [-0.4, -0.2) is 64.1 Å². The number of hydrogen-bond donors (Lipinski definition) is 3. The summed E-state index contributed by atoms with van der Waals surface area (Å²) in [5.74, 6) is 0.951. The molecule has 1 aliphatic heterocycles. The Hall–Kier alpha value is -1.63. The van der Waals surface area contributed by atoms with E-state index >= 15 is 0 Å². The quantitative estimate of drug-likeness (QED) is 0.574. The molecule has 2 rings (SSSR count). The van der Waals surface area contributed by atoms with Gasteiger partial charge in [0, 0.05) is 26.0 Å². The second-order valence-electron chi connectivity index (χ2n) is 5.96. The van der Waals surface area contributed by atoms with Crippen LogP contribution in [0, 0.1) is 0 Å². The molecule has 1 fully saturated rings. The van der Waals surface area contributed by atoms with Gasteiger partial charge >= 0.3 is 0 Å². The van der Waals surface area contributed by atoms with Crippen LogP contribution in [0.15, 0.2) is 24.3 Å². The topological polar surface area (TPSA) is 72.2 Å². The van der Waals surface area contributed by atoms with Gasteiger partial charge in [-0.15, -0.1) is 0 Å². The van der Waals surface area contributed by atoms with Gasteiger partial charge in [0.25, 0.3) is 5.91 Å². The van der Waals surface area contributed by atoms with Crippen LogP contribution in [0.25, 0.3) is 0 Å². The molecule has 3 atom stereocenters. The highest BCUT2D eigenvalue weighted by Gasteiger charge is 2.32. The van der Waals surface area contributed by atoms with Crippen molar-refractivity contribution in [2.75, 3.05) is 47.0 Å². The lowest BCUT2D eigenvalue weighted by Gasteiger charge is -2.33. The maximum absolute atomic E-state index is 11.8. The SMILES string of the molecule is COCCNC(=O)C[NH+]1CC[C@@H](c2ccc(OC)cc2)[C@H](O)C1. The van der Waals surface area contributed by atoms with E-state index in [1.165, 1.54) is 0 Å². The molecule has 1 saturated heterocycles. The van der Waals surface area contributed by atoms with Crippen LogP contribution < -0.4 is 15.0 Å². The Balaban J connectivity index is 1.83. The average molecular weight is 323 g/mol. The number of quaternary nitrogens is 1. The van der Waals surface area contributed by atoms with Crippen molar-refractivity contribution in [1.29, 1.82) is 0 Å². The van der Waals surface area contributed by atoms with Crippen molar-refractivity contribution in [2.45, 2.75) is 18.4 Å². The minimum atomic E-state index is -0.432. The van der Waals surface area contributed by atoms with E-state index in [-0.39, 0.29) is 11.8 Å². The van der Waals surface area contributed by atoms with E-state index in [2.05, 4.69) is 5.32 Å². The lowest BCUT2D eigenvalue weighted by atomic mass is 9.87. The van der Waals surface area contributed by atoms with Crippen LogP contribution in [0.5, 0.6) is 5.75 Å². The third kappa shape index (κ3) is 5.20. The molecule has 1 unspecified atom stereocenters. The second-order valence-corrected chi connectivity index (χ2v) is 5.96. The molecule has 1 aromatic carbocycles. The number of carbonyl (C=O) groups is 1. The summed E-state index contributed by atoms with van der Waals surface area (Å²) in [5, 5.41) is 13.3. The van der Waals surface area contributed by atoms with Gasteiger partial charge in [-0.25, -0.2) is 0 Å². The normalized spacial score (nSPS) is 24.2. The summed E-state index contributed by atoms with van der Waals surface area (Å²) in [6.45, 7) is 2.92. The maximum Gasteiger partial charge on any atom is 0.275 e. The number of likely N-dealkylation sites (tertiary alicyclic amines) is 1. The molecule has 1 heterocycles. The number of aliphatic hydroxyl groups is 1. The van der Waals surface area contributed by atoms with E-state index in [1.54, 1.807) is 14.2 Å². The highest BCUT2D eigenvalue weighted by atomic mass is 16.5. The van der Waals surface area contributed by atoms with Crippen molar-refractivity contribution in [3.05, 3.63) is 29.8 Å². The van der Waals surface area contributed by atoms with Crippen molar-refractivity contribution in [2.24, 2.45) is 0 Å². The Kier molecular flexibility index (Phi) is 6.83. The third-order valence-corrected chi connectivity index (χ3v) is 4.35. The molecule has 1 amide bonds. The first kappa shape index (κ1) is 17.7. The molecule has 0 aliphatic carbocycles. The van der Waals surface area contributed by atoms with Crippen LogP contribution in [0.4, 0.5) is 0 Å². The van der Waals surface area contributed by atoms with Gasteiger partial charge in [0.15, 0.2) is 6.54 Å². The van der Waals surface area contributed by atoms with Gasteiger partial charge in [-0.05, 0) is 17.7 Å². The Labute approximate surface area is 137 Å². The number of hydrogen-bond acceptors (Lipinski definition) is 4. The Morgan fingerprint density at radius 3 is 2.70 bits per heavy atom. The fraction of sp³-hybridized carbons (Fsp3) is 0.588. The fourth-order valence-electron chi connectivity index (χ4n) is 3.07. The minimum Gasteiger partial charge on any atom is -0.497 e. The second kappa shape index (κ2) is 8.86. The van der Waals surface area contributed by atoms with E-state index in [4.69, 9.17) is 9.47 Å². The largest absolute Gasteiger partial charge is 0.497 e. The number of benzene rings is 1. The standard InChI is InChI=1S/C17H26N2O4/c1-22-10-8-18-17(21)12-19-9-7-15(16(20)11-19)13-3-5-14(23-2)6-4-13/h3-6,15-16,20H,7-12H2,1-2H3,(H,18,21)/p+1/t15-,16+/m0/s1. The third-order valence-electron chi connectivity index (χ3n) is 4.35. The Bertz CT molecular complexity index is 492. The fourth-order valence-corrected chi connectivity index (χ4v) is 3.07. The van der Waals surface area contributed by atoms with Gasteiger partial charge in [-0.2, -0.15) is 0 Å². The van der Waals surface area contributed by atoms with E-state index in [0.29, 0.717) is 26.2 Å². The van der Waals surface area contributed by atoms with Crippen LogP contribution in [0.2, 0.25) is 0 Å². The predicted octanol–water partition coefficient (Wildman–Crippen LogP) is -0.809. The first-order valence-corrected chi connectivity index (χ1v) is 8.05. The number of rotatable bonds is 7. The lowest BCUT2D eigenvalue weighted by molar-refractivity contribution is -0.901. The van der Waals surface area contributed by atoms with Crippen LogP contribution >= 0.6 is 0 Å². The monoisotopic (exact) mass is 323 g/mol. The molecule has 0 spiro atoms. The van der Waals surface area contributed by atoms with Gasteiger partial charge in [-0.1, -0.05) is 12.1 Å². The smallest absolute Gasteiger partial charge is 0.275 e. The summed E-state index contributed by atoms with van der Waals surface area (Å²) < 4.78 is 10.1. The highest BCUT2D eigenvalue weighted by Crippen LogP contribution is 2.26. The van der Waals surface area contributed by atoms with Gasteiger partial charge in [0.1, 0.15) is 18.4 Å². The molecular formula is C17H27N2O4+. The van der Waals surface area contributed by atoms with Crippen molar-refractivity contribution in [3.63, 3.8) is 0 Å². The molecule has 0 bridgehead atoms. The summed E-state index contributed by atoms with van der Waals surface area (Å²) in [6, 6.07) is 7.86. The van der Waals surface area contributed by atoms with Crippen LogP contribution in [-0.2, 0) is 9.53 Å². The summed E-state index contributed by atoms with van der Waals surface area (Å²) in [7, 11) is 3.25. The molecule has 6 heteroatoms.